The minimum Gasteiger partial charge on any atom is -0.382 e. The van der Waals surface area contributed by atoms with E-state index >= 15 is 0 Å². The summed E-state index contributed by atoms with van der Waals surface area (Å²) < 4.78 is 0. The van der Waals surface area contributed by atoms with Crippen LogP contribution in [0.3, 0.4) is 0 Å². The van der Waals surface area contributed by atoms with Crippen LogP contribution in [-0.4, -0.2) is 50.5 Å². The highest BCUT2D eigenvalue weighted by Crippen LogP contribution is 2.26. The van der Waals surface area contributed by atoms with Crippen molar-refractivity contribution in [2.45, 2.75) is 231 Å². The van der Waals surface area contributed by atoms with E-state index in [1.807, 2.05) is 0 Å². The van der Waals surface area contributed by atoms with E-state index in [-0.39, 0.29) is 19.3 Å². The van der Waals surface area contributed by atoms with Crippen molar-refractivity contribution in [3.05, 3.63) is 12.2 Å². The van der Waals surface area contributed by atoms with E-state index in [1.54, 1.807) is 0 Å². The van der Waals surface area contributed by atoms with Crippen molar-refractivity contribution in [2.24, 2.45) is 0 Å². The van der Waals surface area contributed by atoms with Gasteiger partial charge in [0.2, 0.25) is 0 Å². The maximum atomic E-state index is 13.3. The quantitative estimate of drug-likeness (QED) is 0.0454. The van der Waals surface area contributed by atoms with Gasteiger partial charge in [0.15, 0.2) is 35.2 Å². The molecule has 0 rings (SSSR count). The number of Topliss-reactive ketones (excluding diaryl/α,β-unsaturated/α-hetero) is 3. The standard InChI is InChI=1S/C41H76O6/c1-4-7-10-13-14-15-16-17-18-19-20-21-22-23-24-25-26-29-32-35-38(44)41(47,39(45)36(42)33-30-27-11-8-5-2)40(46)37(43)34-31-28-12-9-6-3/h17-18,39-40,45-47H,4-16,19-35H2,1-3H3/b18-17-. The molecule has 276 valence electrons. The summed E-state index contributed by atoms with van der Waals surface area (Å²) in [6.45, 7) is 6.46. The highest BCUT2D eigenvalue weighted by molar-refractivity contribution is 6.01. The number of hydrogen-bond acceptors (Lipinski definition) is 6. The molecule has 0 heterocycles. The highest BCUT2D eigenvalue weighted by Gasteiger charge is 2.53. The zero-order valence-corrected chi connectivity index (χ0v) is 31.1. The van der Waals surface area contributed by atoms with E-state index in [4.69, 9.17) is 0 Å². The molecule has 0 spiro atoms. The van der Waals surface area contributed by atoms with Crippen molar-refractivity contribution in [1.82, 2.24) is 0 Å². The van der Waals surface area contributed by atoms with Gasteiger partial charge in [0.1, 0.15) is 0 Å². The van der Waals surface area contributed by atoms with Crippen molar-refractivity contribution in [3.8, 4) is 0 Å². The zero-order valence-electron chi connectivity index (χ0n) is 31.1. The van der Waals surface area contributed by atoms with E-state index in [1.165, 1.54) is 77.0 Å². The second-order valence-corrected chi connectivity index (χ2v) is 14.1. The van der Waals surface area contributed by atoms with Crippen LogP contribution >= 0.6 is 0 Å². The van der Waals surface area contributed by atoms with Gasteiger partial charge in [0, 0.05) is 19.3 Å². The largest absolute Gasteiger partial charge is 0.382 e. The monoisotopic (exact) mass is 665 g/mol. The lowest BCUT2D eigenvalue weighted by Gasteiger charge is -2.34. The summed E-state index contributed by atoms with van der Waals surface area (Å²) in [7, 11) is 0. The van der Waals surface area contributed by atoms with E-state index < -0.39 is 35.2 Å². The maximum absolute atomic E-state index is 13.3. The van der Waals surface area contributed by atoms with Crippen LogP contribution in [0.5, 0.6) is 0 Å². The maximum Gasteiger partial charge on any atom is 0.189 e. The summed E-state index contributed by atoms with van der Waals surface area (Å²) in [6, 6.07) is 0. The van der Waals surface area contributed by atoms with Crippen molar-refractivity contribution < 1.29 is 29.7 Å². The Balaban J connectivity index is 4.51. The third-order valence-electron chi connectivity index (χ3n) is 9.61. The van der Waals surface area contributed by atoms with Crippen LogP contribution in [0, 0.1) is 0 Å². The van der Waals surface area contributed by atoms with Crippen molar-refractivity contribution in [1.29, 1.82) is 0 Å². The molecule has 0 saturated carbocycles. The molecule has 2 atom stereocenters. The lowest BCUT2D eigenvalue weighted by molar-refractivity contribution is -0.181. The van der Waals surface area contributed by atoms with Crippen LogP contribution in [0.4, 0.5) is 0 Å². The predicted octanol–water partition coefficient (Wildman–Crippen LogP) is 10.5. The molecule has 6 nitrogen and oxygen atoms in total. The Hall–Kier alpha value is -1.37. The number of rotatable bonds is 36. The van der Waals surface area contributed by atoms with Gasteiger partial charge in [-0.3, -0.25) is 14.4 Å². The molecule has 0 aromatic heterocycles. The normalized spacial score (nSPS) is 14.3. The average molecular weight is 665 g/mol. The Morgan fingerprint density at radius 2 is 0.723 bits per heavy atom. The molecule has 0 aliphatic carbocycles. The average Bonchev–Trinajstić information content (AvgIpc) is 3.07. The van der Waals surface area contributed by atoms with Crippen LogP contribution in [0.15, 0.2) is 12.2 Å². The Morgan fingerprint density at radius 1 is 0.447 bits per heavy atom. The minimum atomic E-state index is -2.79. The number of ketones is 3. The van der Waals surface area contributed by atoms with Gasteiger partial charge in [0.25, 0.3) is 0 Å². The topological polar surface area (TPSA) is 112 Å². The first-order valence-electron chi connectivity index (χ1n) is 20.1. The summed E-state index contributed by atoms with van der Waals surface area (Å²) in [5, 5.41) is 33.2. The van der Waals surface area contributed by atoms with Crippen LogP contribution < -0.4 is 0 Å². The molecule has 0 fully saturated rings. The zero-order chi connectivity index (χ0) is 35.0. The van der Waals surface area contributed by atoms with Crippen LogP contribution in [0.1, 0.15) is 213 Å². The summed E-state index contributed by atoms with van der Waals surface area (Å²) in [5.74, 6) is -2.18. The van der Waals surface area contributed by atoms with Crippen LogP contribution in [0.2, 0.25) is 0 Å². The fraction of sp³-hybridized carbons (Fsp3) is 0.878. The highest BCUT2D eigenvalue weighted by atomic mass is 16.4. The Morgan fingerprint density at radius 3 is 1.06 bits per heavy atom. The molecule has 0 bridgehead atoms. The molecule has 0 radical (unpaired) electrons. The van der Waals surface area contributed by atoms with Crippen molar-refractivity contribution in [2.75, 3.05) is 0 Å². The van der Waals surface area contributed by atoms with Crippen LogP contribution in [-0.2, 0) is 14.4 Å². The predicted molar refractivity (Wildman–Crippen MR) is 197 cm³/mol. The second-order valence-electron chi connectivity index (χ2n) is 14.1. The Kier molecular flexibility index (Phi) is 30.9. The summed E-state index contributed by atoms with van der Waals surface area (Å²) in [4.78, 5) is 39.0. The van der Waals surface area contributed by atoms with E-state index in [9.17, 15) is 29.7 Å². The first-order valence-corrected chi connectivity index (χ1v) is 20.1. The van der Waals surface area contributed by atoms with E-state index in [0.717, 1.165) is 77.0 Å². The molecule has 6 heteroatoms. The minimum absolute atomic E-state index is 0.00829. The summed E-state index contributed by atoms with van der Waals surface area (Å²) >= 11 is 0. The number of unbranched alkanes of at least 4 members (excludes halogenated alkanes) is 23. The number of carbonyl (C=O) groups excluding carboxylic acids is 3. The van der Waals surface area contributed by atoms with Gasteiger partial charge in [-0.2, -0.15) is 0 Å². The lowest BCUT2D eigenvalue weighted by atomic mass is 9.78. The molecule has 0 aromatic rings. The van der Waals surface area contributed by atoms with Gasteiger partial charge in [-0.1, -0.05) is 161 Å². The molecule has 47 heavy (non-hydrogen) atoms. The fourth-order valence-corrected chi connectivity index (χ4v) is 6.29. The molecular formula is C41H76O6. The van der Waals surface area contributed by atoms with Crippen LogP contribution in [0.25, 0.3) is 0 Å². The summed E-state index contributed by atoms with van der Waals surface area (Å²) in [5.41, 5.74) is -2.79. The van der Waals surface area contributed by atoms with Gasteiger partial charge in [0.05, 0.1) is 0 Å². The molecule has 2 unspecified atom stereocenters. The smallest absolute Gasteiger partial charge is 0.189 e. The molecule has 0 aliphatic rings. The van der Waals surface area contributed by atoms with Gasteiger partial charge in [-0.25, -0.2) is 0 Å². The number of hydrogen-bond donors (Lipinski definition) is 3. The first-order chi connectivity index (χ1) is 22.8. The molecule has 0 amide bonds. The first kappa shape index (κ1) is 45.6. The summed E-state index contributed by atoms with van der Waals surface area (Å²) in [6.07, 6.45) is 29.3. The Labute approximate surface area is 290 Å². The van der Waals surface area contributed by atoms with E-state index in [0.29, 0.717) is 19.3 Å². The van der Waals surface area contributed by atoms with Crippen molar-refractivity contribution >= 4 is 17.3 Å². The number of allylic oxidation sites excluding steroid dienone is 2. The second kappa shape index (κ2) is 31.9. The molecule has 0 aliphatic heterocycles. The third kappa shape index (κ3) is 22.8. The number of carbonyl (C=O) groups is 3. The van der Waals surface area contributed by atoms with Gasteiger partial charge >= 0.3 is 0 Å². The SMILES string of the molecule is CCCCCCCC/C=C\CCCCCCCCCCCC(=O)C(O)(C(O)C(=O)CCCCCCC)C(O)C(=O)CCCCCCC. The third-order valence-corrected chi connectivity index (χ3v) is 9.61. The van der Waals surface area contributed by atoms with Gasteiger partial charge < -0.3 is 15.3 Å². The number of aliphatic hydroxyl groups excluding tert-OH is 2. The van der Waals surface area contributed by atoms with Crippen molar-refractivity contribution in [3.63, 3.8) is 0 Å². The molecular weight excluding hydrogens is 588 g/mol. The molecule has 3 N–H and O–H groups in total. The molecule has 0 saturated heterocycles. The van der Waals surface area contributed by atoms with Gasteiger partial charge in [-0.15, -0.1) is 0 Å². The Bertz CT molecular complexity index is 759. The van der Waals surface area contributed by atoms with E-state index in [2.05, 4.69) is 32.9 Å². The van der Waals surface area contributed by atoms with Gasteiger partial charge in [-0.05, 0) is 44.9 Å². The number of aliphatic hydroxyl groups is 3. The molecule has 0 aromatic carbocycles. The lowest BCUT2D eigenvalue weighted by Crippen LogP contribution is -2.63. The fourth-order valence-electron chi connectivity index (χ4n) is 6.29.